The molecule has 2 aromatic rings. The van der Waals surface area contributed by atoms with Crippen LogP contribution in [0.5, 0.6) is 0 Å². The molecule has 0 radical (unpaired) electrons. The number of aromatic nitrogens is 4. The van der Waals surface area contributed by atoms with Crippen molar-refractivity contribution in [2.45, 2.75) is 6.92 Å². The highest BCUT2D eigenvalue weighted by Crippen LogP contribution is 2.15. The summed E-state index contributed by atoms with van der Waals surface area (Å²) in [7, 11) is -3.31. The van der Waals surface area contributed by atoms with Crippen LogP contribution in [-0.2, 0) is 10.0 Å². The number of tetrazole rings is 1. The molecule has 20 heavy (non-hydrogen) atoms. The smallest absolute Gasteiger partial charge is 0.297 e. The van der Waals surface area contributed by atoms with Crippen molar-refractivity contribution in [3.63, 3.8) is 0 Å². The lowest BCUT2D eigenvalue weighted by molar-refractivity contribution is 0.101. The molecule has 2 rings (SSSR count). The second-order valence-electron chi connectivity index (χ2n) is 3.77. The fraction of sp³-hybridized carbons (Fsp3) is 0.200. The molecule has 1 aromatic heterocycles. The van der Waals surface area contributed by atoms with E-state index in [1.54, 1.807) is 31.2 Å². The minimum atomic E-state index is -3.31. The lowest BCUT2D eigenvalue weighted by atomic mass is 10.3. The number of carbonyl (C=O) groups is 1. The van der Waals surface area contributed by atoms with Crippen LogP contribution in [0.15, 0.2) is 24.3 Å². The number of nitrogens with one attached hydrogen (secondary N) is 3. The molecule has 106 valence electrons. The molecule has 0 atom stereocenters. The standard InChI is InChI=1S/C10H12N6O3S/c1-2-20(18,19)14-8-5-3-7(4-6-8)11-10(17)9-12-15-16-13-9/h3-6,14H,2H2,1H3,(H,11,17)(H,12,13,15,16). The summed E-state index contributed by atoms with van der Waals surface area (Å²) in [6.45, 7) is 1.54. The first-order chi connectivity index (χ1) is 9.50. The number of aromatic amines is 1. The van der Waals surface area contributed by atoms with Crippen LogP contribution >= 0.6 is 0 Å². The van der Waals surface area contributed by atoms with E-state index in [2.05, 4.69) is 30.7 Å². The average molecular weight is 296 g/mol. The van der Waals surface area contributed by atoms with Gasteiger partial charge in [-0.15, -0.1) is 10.2 Å². The molecular formula is C10H12N6O3S. The summed E-state index contributed by atoms with van der Waals surface area (Å²) < 4.78 is 25.2. The van der Waals surface area contributed by atoms with E-state index >= 15 is 0 Å². The van der Waals surface area contributed by atoms with Gasteiger partial charge in [-0.1, -0.05) is 0 Å². The predicted octanol–water partition coefficient (Wildman–Crippen LogP) is 0.214. The second-order valence-corrected chi connectivity index (χ2v) is 5.78. The first-order valence-electron chi connectivity index (χ1n) is 5.65. The van der Waals surface area contributed by atoms with Gasteiger partial charge in [-0.05, 0) is 36.4 Å². The van der Waals surface area contributed by atoms with Gasteiger partial charge in [0.25, 0.3) is 11.7 Å². The van der Waals surface area contributed by atoms with Gasteiger partial charge in [-0.2, -0.15) is 5.21 Å². The molecule has 3 N–H and O–H groups in total. The van der Waals surface area contributed by atoms with E-state index < -0.39 is 15.9 Å². The SMILES string of the molecule is CCS(=O)(=O)Nc1ccc(NC(=O)c2nn[nH]n2)cc1. The van der Waals surface area contributed by atoms with E-state index in [1.807, 2.05) is 0 Å². The number of nitrogens with zero attached hydrogens (tertiary/aromatic N) is 3. The molecule has 0 saturated carbocycles. The van der Waals surface area contributed by atoms with Crippen LogP contribution in [0.25, 0.3) is 0 Å². The molecule has 0 fully saturated rings. The number of benzene rings is 1. The van der Waals surface area contributed by atoms with Crippen LogP contribution in [0.4, 0.5) is 11.4 Å². The van der Waals surface area contributed by atoms with E-state index in [0.29, 0.717) is 11.4 Å². The zero-order chi connectivity index (χ0) is 14.6. The summed E-state index contributed by atoms with van der Waals surface area (Å²) >= 11 is 0. The molecule has 0 unspecified atom stereocenters. The van der Waals surface area contributed by atoms with Gasteiger partial charge in [-0.3, -0.25) is 9.52 Å². The fourth-order valence-corrected chi connectivity index (χ4v) is 1.96. The molecule has 0 aliphatic rings. The lowest BCUT2D eigenvalue weighted by Crippen LogP contribution is -2.15. The van der Waals surface area contributed by atoms with Crippen LogP contribution in [0.3, 0.4) is 0 Å². The van der Waals surface area contributed by atoms with Gasteiger partial charge in [0.05, 0.1) is 5.75 Å². The van der Waals surface area contributed by atoms with Gasteiger partial charge in [0.15, 0.2) is 0 Å². The maximum atomic E-state index is 11.6. The van der Waals surface area contributed by atoms with Crippen LogP contribution in [0.1, 0.15) is 17.5 Å². The summed E-state index contributed by atoms with van der Waals surface area (Å²) in [5.41, 5.74) is 0.906. The third-order valence-electron chi connectivity index (χ3n) is 2.34. The quantitative estimate of drug-likeness (QED) is 0.723. The Balaban J connectivity index is 2.04. The van der Waals surface area contributed by atoms with Crippen molar-refractivity contribution in [3.05, 3.63) is 30.1 Å². The third kappa shape index (κ3) is 3.51. The minimum Gasteiger partial charge on any atom is -0.319 e. The van der Waals surface area contributed by atoms with E-state index in [9.17, 15) is 13.2 Å². The number of carbonyl (C=O) groups excluding carboxylic acids is 1. The van der Waals surface area contributed by atoms with Crippen LogP contribution in [0, 0.1) is 0 Å². The van der Waals surface area contributed by atoms with Gasteiger partial charge in [0.2, 0.25) is 10.0 Å². The van der Waals surface area contributed by atoms with Gasteiger partial charge in [-0.25, -0.2) is 8.42 Å². The topological polar surface area (TPSA) is 130 Å². The Morgan fingerprint density at radius 1 is 1.25 bits per heavy atom. The molecule has 0 aliphatic carbocycles. The largest absolute Gasteiger partial charge is 0.319 e. The Labute approximate surface area is 114 Å². The Hall–Kier alpha value is -2.49. The van der Waals surface area contributed by atoms with Crippen molar-refractivity contribution < 1.29 is 13.2 Å². The summed E-state index contributed by atoms with van der Waals surface area (Å²) in [6, 6.07) is 6.20. The second kappa shape index (κ2) is 5.65. The van der Waals surface area contributed by atoms with Gasteiger partial charge >= 0.3 is 0 Å². The van der Waals surface area contributed by atoms with E-state index in [1.165, 1.54) is 0 Å². The molecule has 1 heterocycles. The number of H-pyrrole nitrogens is 1. The number of amides is 1. The Kier molecular flexibility index (Phi) is 3.94. The molecule has 0 saturated heterocycles. The number of rotatable bonds is 5. The highest BCUT2D eigenvalue weighted by atomic mass is 32.2. The van der Waals surface area contributed by atoms with Gasteiger partial charge in [0, 0.05) is 11.4 Å². The Morgan fingerprint density at radius 3 is 2.45 bits per heavy atom. The molecule has 1 amide bonds. The number of hydrogen-bond acceptors (Lipinski definition) is 6. The van der Waals surface area contributed by atoms with Crippen LogP contribution in [-0.4, -0.2) is 40.7 Å². The first-order valence-corrected chi connectivity index (χ1v) is 7.31. The average Bonchev–Trinajstić information content (AvgIpc) is 2.95. The highest BCUT2D eigenvalue weighted by Gasteiger charge is 2.11. The van der Waals surface area contributed by atoms with Crippen LogP contribution in [0.2, 0.25) is 0 Å². The highest BCUT2D eigenvalue weighted by molar-refractivity contribution is 7.92. The van der Waals surface area contributed by atoms with Crippen LogP contribution < -0.4 is 10.0 Å². The van der Waals surface area contributed by atoms with Crippen molar-refractivity contribution in [1.82, 2.24) is 20.6 Å². The van der Waals surface area contributed by atoms with Crippen molar-refractivity contribution >= 4 is 27.3 Å². The monoisotopic (exact) mass is 296 g/mol. The number of hydrogen-bond donors (Lipinski definition) is 3. The normalized spacial score (nSPS) is 11.1. The summed E-state index contributed by atoms with van der Waals surface area (Å²) in [5.74, 6) is -0.607. The van der Waals surface area contributed by atoms with E-state index in [-0.39, 0.29) is 11.6 Å². The fourth-order valence-electron chi connectivity index (χ4n) is 1.32. The summed E-state index contributed by atoms with van der Waals surface area (Å²) in [4.78, 5) is 11.6. The molecule has 9 nitrogen and oxygen atoms in total. The summed E-state index contributed by atoms with van der Waals surface area (Å²) in [6.07, 6.45) is 0. The first kappa shape index (κ1) is 13.9. The molecule has 0 bridgehead atoms. The minimum absolute atomic E-state index is 0.0106. The zero-order valence-corrected chi connectivity index (χ0v) is 11.3. The molecule has 0 aliphatic heterocycles. The van der Waals surface area contributed by atoms with Crippen molar-refractivity contribution in [2.75, 3.05) is 15.8 Å². The van der Waals surface area contributed by atoms with E-state index in [4.69, 9.17) is 0 Å². The van der Waals surface area contributed by atoms with Crippen molar-refractivity contribution in [1.29, 1.82) is 0 Å². The van der Waals surface area contributed by atoms with Crippen molar-refractivity contribution in [3.8, 4) is 0 Å². The maximum absolute atomic E-state index is 11.6. The lowest BCUT2D eigenvalue weighted by Gasteiger charge is -2.07. The van der Waals surface area contributed by atoms with Gasteiger partial charge < -0.3 is 5.32 Å². The number of sulfonamides is 1. The van der Waals surface area contributed by atoms with Gasteiger partial charge in [0.1, 0.15) is 0 Å². The van der Waals surface area contributed by atoms with Crippen molar-refractivity contribution in [2.24, 2.45) is 0 Å². The van der Waals surface area contributed by atoms with E-state index in [0.717, 1.165) is 0 Å². The molecule has 0 spiro atoms. The molecule has 10 heteroatoms. The molecule has 1 aromatic carbocycles. The molecular weight excluding hydrogens is 284 g/mol. The maximum Gasteiger partial charge on any atom is 0.297 e. The number of anilines is 2. The Morgan fingerprint density at radius 2 is 1.90 bits per heavy atom. The Bertz CT molecular complexity index is 680. The predicted molar refractivity (Wildman–Crippen MR) is 71.7 cm³/mol. The third-order valence-corrected chi connectivity index (χ3v) is 3.65. The summed E-state index contributed by atoms with van der Waals surface area (Å²) in [5, 5.41) is 15.1. The zero-order valence-electron chi connectivity index (χ0n) is 10.5.